The molecule has 1 aliphatic rings. The van der Waals surface area contributed by atoms with Crippen LogP contribution in [0.5, 0.6) is 0 Å². The van der Waals surface area contributed by atoms with E-state index in [-0.39, 0.29) is 28.1 Å². The normalized spacial score (nSPS) is 21.1. The van der Waals surface area contributed by atoms with Crippen LogP contribution >= 0.6 is 0 Å². The molecule has 2 atom stereocenters. The molecular weight excluding hydrogens is 365 g/mol. The molecule has 3 aromatic rings. The molecular formula is C20H20FN3O2S. The van der Waals surface area contributed by atoms with E-state index >= 15 is 0 Å². The molecule has 2 aromatic carbocycles. The quantitative estimate of drug-likeness (QED) is 0.731. The van der Waals surface area contributed by atoms with Gasteiger partial charge in [0.2, 0.25) is 10.0 Å². The third-order valence-electron chi connectivity index (χ3n) is 5.20. The summed E-state index contributed by atoms with van der Waals surface area (Å²) in [5, 5.41) is 4.32. The van der Waals surface area contributed by atoms with Gasteiger partial charge in [0.15, 0.2) is 0 Å². The Balaban J connectivity index is 1.57. The van der Waals surface area contributed by atoms with Crippen molar-refractivity contribution in [2.75, 3.05) is 0 Å². The Labute approximate surface area is 157 Å². The van der Waals surface area contributed by atoms with Gasteiger partial charge in [0.05, 0.1) is 16.8 Å². The minimum Gasteiger partial charge on any atom is -0.241 e. The lowest BCUT2D eigenvalue weighted by molar-refractivity contribution is 0.552. The first-order valence-electron chi connectivity index (χ1n) is 8.67. The third kappa shape index (κ3) is 3.28. The fourth-order valence-corrected chi connectivity index (χ4v) is 5.00. The van der Waals surface area contributed by atoms with E-state index in [2.05, 4.69) is 9.82 Å². The first-order chi connectivity index (χ1) is 12.8. The van der Waals surface area contributed by atoms with Gasteiger partial charge >= 0.3 is 0 Å². The van der Waals surface area contributed by atoms with Crippen molar-refractivity contribution in [2.45, 2.75) is 30.7 Å². The summed E-state index contributed by atoms with van der Waals surface area (Å²) < 4.78 is 43.1. The number of halogens is 1. The standard InChI is InChI=1S/C20H20FN3O2S/c1-20(2)18(19(20)23-27(25,26)17-9-4-3-5-10-17)14-12-22-24(13-14)16-8-6-7-15(21)11-16/h3-13,18-19,23H,1-2H3/t18-,19-/m1/s1. The highest BCUT2D eigenvalue weighted by Crippen LogP contribution is 2.59. The fraction of sp³-hybridized carbons (Fsp3) is 0.250. The number of benzene rings is 2. The van der Waals surface area contributed by atoms with Crippen molar-refractivity contribution in [1.29, 1.82) is 0 Å². The van der Waals surface area contributed by atoms with Crippen LogP contribution in [0.1, 0.15) is 25.3 Å². The Morgan fingerprint density at radius 1 is 1.11 bits per heavy atom. The number of nitrogens with zero attached hydrogens (tertiary/aromatic N) is 2. The molecule has 1 N–H and O–H groups in total. The zero-order valence-electron chi connectivity index (χ0n) is 15.0. The fourth-order valence-electron chi connectivity index (χ4n) is 3.57. The van der Waals surface area contributed by atoms with Gasteiger partial charge in [0, 0.05) is 18.2 Å². The highest BCUT2D eigenvalue weighted by Gasteiger charge is 2.60. The molecule has 0 saturated heterocycles. The summed E-state index contributed by atoms with van der Waals surface area (Å²) in [5.41, 5.74) is 1.31. The maximum Gasteiger partial charge on any atom is 0.240 e. The predicted octanol–water partition coefficient (Wildman–Crippen LogP) is 3.48. The van der Waals surface area contributed by atoms with Crippen molar-refractivity contribution in [3.8, 4) is 5.69 Å². The molecule has 0 unspecified atom stereocenters. The van der Waals surface area contributed by atoms with E-state index in [4.69, 9.17) is 0 Å². The largest absolute Gasteiger partial charge is 0.241 e. The number of hydrogen-bond donors (Lipinski definition) is 1. The molecule has 0 aliphatic heterocycles. The average molecular weight is 385 g/mol. The van der Waals surface area contributed by atoms with Crippen LogP contribution in [0.15, 0.2) is 71.9 Å². The Kier molecular flexibility index (Phi) is 4.16. The molecule has 0 radical (unpaired) electrons. The van der Waals surface area contributed by atoms with Crippen molar-refractivity contribution in [3.63, 3.8) is 0 Å². The molecule has 0 amide bonds. The van der Waals surface area contributed by atoms with Crippen LogP contribution in [0.2, 0.25) is 0 Å². The topological polar surface area (TPSA) is 64.0 Å². The van der Waals surface area contributed by atoms with Gasteiger partial charge < -0.3 is 0 Å². The Bertz CT molecular complexity index is 1080. The first kappa shape index (κ1) is 17.9. The van der Waals surface area contributed by atoms with E-state index in [1.807, 2.05) is 20.0 Å². The van der Waals surface area contributed by atoms with Crippen LogP contribution < -0.4 is 4.72 Å². The van der Waals surface area contributed by atoms with E-state index in [9.17, 15) is 12.8 Å². The summed E-state index contributed by atoms with van der Waals surface area (Å²) in [6, 6.07) is 14.3. The number of aromatic nitrogens is 2. The molecule has 1 aromatic heterocycles. The minimum absolute atomic E-state index is 0.00158. The summed E-state index contributed by atoms with van der Waals surface area (Å²) in [6.45, 7) is 4.05. The van der Waals surface area contributed by atoms with Crippen molar-refractivity contribution in [3.05, 3.63) is 78.4 Å². The zero-order valence-corrected chi connectivity index (χ0v) is 15.8. The SMILES string of the molecule is CC1(C)[C@H](NS(=O)(=O)c2ccccc2)[C@H]1c1cnn(-c2cccc(F)c2)c1. The number of nitrogens with one attached hydrogen (secondary N) is 1. The van der Waals surface area contributed by atoms with Crippen LogP contribution in [0.3, 0.4) is 0 Å². The van der Waals surface area contributed by atoms with Gasteiger partial charge in [-0.1, -0.05) is 38.1 Å². The molecule has 1 fully saturated rings. The molecule has 0 bridgehead atoms. The summed E-state index contributed by atoms with van der Waals surface area (Å²) in [5.74, 6) is -0.330. The lowest BCUT2D eigenvalue weighted by Gasteiger charge is -2.07. The average Bonchev–Trinajstić information content (AvgIpc) is 2.99. The molecule has 5 nitrogen and oxygen atoms in total. The second kappa shape index (κ2) is 6.28. The number of hydrogen-bond acceptors (Lipinski definition) is 3. The van der Waals surface area contributed by atoms with Gasteiger partial charge in [0.1, 0.15) is 5.82 Å². The van der Waals surface area contributed by atoms with Crippen molar-refractivity contribution in [1.82, 2.24) is 14.5 Å². The van der Waals surface area contributed by atoms with Crippen LogP contribution in [0.4, 0.5) is 4.39 Å². The molecule has 4 rings (SSSR count). The number of sulfonamides is 1. The van der Waals surface area contributed by atoms with Crippen LogP contribution in [0, 0.1) is 11.2 Å². The van der Waals surface area contributed by atoms with E-state index in [0.29, 0.717) is 5.69 Å². The predicted molar refractivity (Wildman–Crippen MR) is 101 cm³/mol. The summed E-state index contributed by atoms with van der Waals surface area (Å²) in [6.07, 6.45) is 3.55. The third-order valence-corrected chi connectivity index (χ3v) is 6.65. The van der Waals surface area contributed by atoms with E-state index < -0.39 is 10.0 Å². The minimum atomic E-state index is -3.59. The van der Waals surface area contributed by atoms with E-state index in [1.54, 1.807) is 53.3 Å². The van der Waals surface area contributed by atoms with Gasteiger partial charge in [-0.2, -0.15) is 5.10 Å². The number of rotatable bonds is 5. The summed E-state index contributed by atoms with van der Waals surface area (Å²) >= 11 is 0. The Morgan fingerprint density at radius 3 is 2.56 bits per heavy atom. The van der Waals surface area contributed by atoms with Gasteiger partial charge in [-0.05, 0) is 41.3 Å². The van der Waals surface area contributed by atoms with Gasteiger partial charge in [-0.15, -0.1) is 0 Å². The molecule has 0 spiro atoms. The summed E-state index contributed by atoms with van der Waals surface area (Å²) in [7, 11) is -3.59. The maximum atomic E-state index is 13.4. The lowest BCUT2D eigenvalue weighted by atomic mass is 10.1. The zero-order chi connectivity index (χ0) is 19.2. The van der Waals surface area contributed by atoms with Crippen LogP contribution in [-0.2, 0) is 10.0 Å². The van der Waals surface area contributed by atoms with Gasteiger partial charge in [-0.3, -0.25) is 0 Å². The van der Waals surface area contributed by atoms with Crippen LogP contribution in [-0.4, -0.2) is 24.2 Å². The second-order valence-electron chi connectivity index (χ2n) is 7.41. The maximum absolute atomic E-state index is 13.4. The monoisotopic (exact) mass is 385 g/mol. The van der Waals surface area contributed by atoms with Gasteiger partial charge in [-0.25, -0.2) is 22.2 Å². The Hall–Kier alpha value is -2.51. The second-order valence-corrected chi connectivity index (χ2v) is 9.12. The molecule has 1 saturated carbocycles. The highest BCUT2D eigenvalue weighted by molar-refractivity contribution is 7.89. The molecule has 1 aliphatic carbocycles. The van der Waals surface area contributed by atoms with Gasteiger partial charge in [0.25, 0.3) is 0 Å². The van der Waals surface area contributed by atoms with Crippen molar-refractivity contribution < 1.29 is 12.8 Å². The van der Waals surface area contributed by atoms with Crippen molar-refractivity contribution in [2.24, 2.45) is 5.41 Å². The van der Waals surface area contributed by atoms with Crippen LogP contribution in [0.25, 0.3) is 5.69 Å². The first-order valence-corrected chi connectivity index (χ1v) is 10.2. The Morgan fingerprint density at radius 2 is 1.85 bits per heavy atom. The summed E-state index contributed by atoms with van der Waals surface area (Å²) in [4.78, 5) is 0.252. The van der Waals surface area contributed by atoms with E-state index in [0.717, 1.165) is 5.56 Å². The molecule has 27 heavy (non-hydrogen) atoms. The van der Waals surface area contributed by atoms with Crippen molar-refractivity contribution >= 4 is 10.0 Å². The van der Waals surface area contributed by atoms with E-state index in [1.165, 1.54) is 12.1 Å². The lowest BCUT2D eigenvalue weighted by Crippen LogP contribution is -2.29. The molecule has 7 heteroatoms. The molecule has 1 heterocycles. The highest BCUT2D eigenvalue weighted by atomic mass is 32.2. The smallest absolute Gasteiger partial charge is 0.240 e. The molecule has 140 valence electrons.